The Bertz CT molecular complexity index is 381. The topological polar surface area (TPSA) is 21.3 Å². The number of hydrogen-bond donors (Lipinski definition) is 1. The second-order valence-corrected chi connectivity index (χ2v) is 5.76. The quantitative estimate of drug-likeness (QED) is 0.867. The molecule has 106 valence electrons. The van der Waals surface area contributed by atoms with E-state index in [1.165, 1.54) is 44.1 Å². The van der Waals surface area contributed by atoms with Crippen LogP contribution in [0.25, 0.3) is 0 Å². The largest absolute Gasteiger partial charge is 0.496 e. The van der Waals surface area contributed by atoms with Crippen LogP contribution in [-0.4, -0.2) is 19.2 Å². The summed E-state index contributed by atoms with van der Waals surface area (Å²) in [4.78, 5) is 0. The molecular formula is C17H27NO. The zero-order valence-corrected chi connectivity index (χ0v) is 12.4. The SMILES string of the molecule is CCCC1(Cc2ccccc2OC)CCCCCN1. The van der Waals surface area contributed by atoms with Gasteiger partial charge in [-0.05, 0) is 43.9 Å². The van der Waals surface area contributed by atoms with E-state index in [-0.39, 0.29) is 5.54 Å². The summed E-state index contributed by atoms with van der Waals surface area (Å²) >= 11 is 0. The summed E-state index contributed by atoms with van der Waals surface area (Å²) < 4.78 is 5.51. The van der Waals surface area contributed by atoms with E-state index in [2.05, 4.69) is 36.5 Å². The van der Waals surface area contributed by atoms with Gasteiger partial charge in [0.05, 0.1) is 7.11 Å². The van der Waals surface area contributed by atoms with Gasteiger partial charge in [0.15, 0.2) is 0 Å². The Morgan fingerprint density at radius 1 is 1.21 bits per heavy atom. The first-order valence-corrected chi connectivity index (χ1v) is 7.66. The van der Waals surface area contributed by atoms with Crippen molar-refractivity contribution in [2.75, 3.05) is 13.7 Å². The number of hydrogen-bond acceptors (Lipinski definition) is 2. The van der Waals surface area contributed by atoms with Crippen LogP contribution >= 0.6 is 0 Å². The lowest BCUT2D eigenvalue weighted by atomic mass is 9.82. The molecule has 1 saturated heterocycles. The second kappa shape index (κ2) is 6.95. The molecular weight excluding hydrogens is 234 g/mol. The van der Waals surface area contributed by atoms with Gasteiger partial charge in [0.2, 0.25) is 0 Å². The van der Waals surface area contributed by atoms with E-state index in [0.29, 0.717) is 0 Å². The lowest BCUT2D eigenvalue weighted by molar-refractivity contribution is 0.284. The van der Waals surface area contributed by atoms with Gasteiger partial charge >= 0.3 is 0 Å². The molecule has 1 atom stereocenters. The minimum atomic E-state index is 0.278. The molecule has 0 saturated carbocycles. The van der Waals surface area contributed by atoms with E-state index in [4.69, 9.17) is 4.74 Å². The number of methoxy groups -OCH3 is 1. The van der Waals surface area contributed by atoms with E-state index in [9.17, 15) is 0 Å². The fourth-order valence-corrected chi connectivity index (χ4v) is 3.35. The highest BCUT2D eigenvalue weighted by Crippen LogP contribution is 2.31. The van der Waals surface area contributed by atoms with E-state index in [1.54, 1.807) is 7.11 Å². The number of ether oxygens (including phenoxy) is 1. The van der Waals surface area contributed by atoms with Crippen LogP contribution in [0, 0.1) is 0 Å². The molecule has 1 aromatic rings. The molecule has 19 heavy (non-hydrogen) atoms. The third-order valence-corrected chi connectivity index (χ3v) is 4.28. The second-order valence-electron chi connectivity index (χ2n) is 5.76. The minimum absolute atomic E-state index is 0.278. The zero-order valence-electron chi connectivity index (χ0n) is 12.4. The maximum absolute atomic E-state index is 5.51. The predicted octanol–water partition coefficient (Wildman–Crippen LogP) is 3.94. The van der Waals surface area contributed by atoms with Crippen LogP contribution < -0.4 is 10.1 Å². The van der Waals surface area contributed by atoms with E-state index in [1.807, 2.05) is 0 Å². The summed E-state index contributed by atoms with van der Waals surface area (Å²) in [7, 11) is 1.77. The first kappa shape index (κ1) is 14.4. The molecule has 0 amide bonds. The molecule has 0 radical (unpaired) electrons. The zero-order chi connectivity index (χ0) is 13.6. The van der Waals surface area contributed by atoms with E-state index < -0.39 is 0 Å². The third-order valence-electron chi connectivity index (χ3n) is 4.28. The first-order chi connectivity index (χ1) is 9.29. The number of benzene rings is 1. The Balaban J connectivity index is 2.19. The summed E-state index contributed by atoms with van der Waals surface area (Å²) in [5.41, 5.74) is 1.62. The number of para-hydroxylation sites is 1. The standard InChI is InChI=1S/C17H27NO/c1-3-11-17(12-7-4-8-13-18-17)14-15-9-5-6-10-16(15)19-2/h5-6,9-10,18H,3-4,7-8,11-14H2,1-2H3. The lowest BCUT2D eigenvalue weighted by Crippen LogP contribution is -2.46. The first-order valence-electron chi connectivity index (χ1n) is 7.66. The molecule has 0 aliphatic carbocycles. The molecule has 0 bridgehead atoms. The summed E-state index contributed by atoms with van der Waals surface area (Å²) in [5.74, 6) is 1.03. The molecule has 0 spiro atoms. The normalized spacial score (nSPS) is 23.9. The fraction of sp³-hybridized carbons (Fsp3) is 0.647. The number of rotatable bonds is 5. The molecule has 2 heteroatoms. The molecule has 1 aliphatic rings. The molecule has 1 N–H and O–H groups in total. The Labute approximate surface area is 117 Å². The summed E-state index contributed by atoms with van der Waals surface area (Å²) in [6, 6.07) is 8.46. The number of nitrogens with one attached hydrogen (secondary N) is 1. The maximum atomic E-state index is 5.51. The van der Waals surface area contributed by atoms with Crippen LogP contribution in [0.15, 0.2) is 24.3 Å². The predicted molar refractivity (Wildman–Crippen MR) is 80.8 cm³/mol. The van der Waals surface area contributed by atoms with Crippen molar-refractivity contribution in [3.8, 4) is 5.75 Å². The van der Waals surface area contributed by atoms with Gasteiger partial charge in [0, 0.05) is 5.54 Å². The van der Waals surface area contributed by atoms with Gasteiger partial charge in [-0.15, -0.1) is 0 Å². The Kier molecular flexibility index (Phi) is 5.26. The van der Waals surface area contributed by atoms with Gasteiger partial charge in [-0.1, -0.05) is 44.4 Å². The molecule has 1 unspecified atom stereocenters. The van der Waals surface area contributed by atoms with Crippen LogP contribution in [0.3, 0.4) is 0 Å². The fourth-order valence-electron chi connectivity index (χ4n) is 3.35. The summed E-state index contributed by atoms with van der Waals surface area (Å²) in [6.45, 7) is 3.45. The van der Waals surface area contributed by atoms with Crippen molar-refractivity contribution >= 4 is 0 Å². The highest BCUT2D eigenvalue weighted by molar-refractivity contribution is 5.34. The van der Waals surface area contributed by atoms with Crippen molar-refractivity contribution in [1.29, 1.82) is 0 Å². The van der Waals surface area contributed by atoms with Gasteiger partial charge in [0.25, 0.3) is 0 Å². The molecule has 1 aromatic carbocycles. The van der Waals surface area contributed by atoms with Crippen LogP contribution in [0.1, 0.15) is 51.0 Å². The van der Waals surface area contributed by atoms with Crippen molar-refractivity contribution < 1.29 is 4.74 Å². The van der Waals surface area contributed by atoms with Gasteiger partial charge < -0.3 is 10.1 Å². The van der Waals surface area contributed by atoms with Crippen LogP contribution in [0.2, 0.25) is 0 Å². The van der Waals surface area contributed by atoms with Crippen LogP contribution in [-0.2, 0) is 6.42 Å². The van der Waals surface area contributed by atoms with Crippen molar-refractivity contribution in [3.05, 3.63) is 29.8 Å². The smallest absolute Gasteiger partial charge is 0.122 e. The maximum Gasteiger partial charge on any atom is 0.122 e. The third kappa shape index (κ3) is 3.73. The molecule has 1 fully saturated rings. The Hall–Kier alpha value is -1.02. The molecule has 2 rings (SSSR count). The molecule has 1 aliphatic heterocycles. The van der Waals surface area contributed by atoms with E-state index >= 15 is 0 Å². The Morgan fingerprint density at radius 2 is 2.05 bits per heavy atom. The summed E-state index contributed by atoms with van der Waals surface area (Å²) in [6.07, 6.45) is 8.90. The van der Waals surface area contributed by atoms with Crippen LogP contribution in [0.4, 0.5) is 0 Å². The van der Waals surface area contributed by atoms with Crippen molar-refractivity contribution in [3.63, 3.8) is 0 Å². The molecule has 2 nitrogen and oxygen atoms in total. The lowest BCUT2D eigenvalue weighted by Gasteiger charge is -2.34. The molecule has 0 aromatic heterocycles. The Morgan fingerprint density at radius 3 is 2.84 bits per heavy atom. The van der Waals surface area contributed by atoms with E-state index in [0.717, 1.165) is 18.7 Å². The van der Waals surface area contributed by atoms with Crippen LogP contribution in [0.5, 0.6) is 5.75 Å². The van der Waals surface area contributed by atoms with Gasteiger partial charge in [0.1, 0.15) is 5.75 Å². The van der Waals surface area contributed by atoms with Crippen molar-refractivity contribution in [2.24, 2.45) is 0 Å². The average molecular weight is 261 g/mol. The average Bonchev–Trinajstić information content (AvgIpc) is 2.66. The van der Waals surface area contributed by atoms with Crippen molar-refractivity contribution in [1.82, 2.24) is 5.32 Å². The van der Waals surface area contributed by atoms with Gasteiger partial charge in [-0.3, -0.25) is 0 Å². The summed E-state index contributed by atoms with van der Waals surface area (Å²) in [5, 5.41) is 3.84. The molecule has 1 heterocycles. The highest BCUT2D eigenvalue weighted by Gasteiger charge is 2.30. The minimum Gasteiger partial charge on any atom is -0.496 e. The van der Waals surface area contributed by atoms with Gasteiger partial charge in [-0.2, -0.15) is 0 Å². The highest BCUT2D eigenvalue weighted by atomic mass is 16.5. The van der Waals surface area contributed by atoms with Crippen molar-refractivity contribution in [2.45, 2.75) is 57.4 Å². The van der Waals surface area contributed by atoms with Gasteiger partial charge in [-0.25, -0.2) is 0 Å². The monoisotopic (exact) mass is 261 g/mol.